The zero-order valence-corrected chi connectivity index (χ0v) is 13.5. The second-order valence-electron chi connectivity index (χ2n) is 5.35. The molecular weight excluding hydrogens is 326 g/mol. The Labute approximate surface area is 144 Å². The largest absolute Gasteiger partial charge is 0.378 e. The van der Waals surface area contributed by atoms with Gasteiger partial charge in [0.05, 0.1) is 6.54 Å². The first-order chi connectivity index (χ1) is 11.6. The summed E-state index contributed by atoms with van der Waals surface area (Å²) in [4.78, 5) is 12.2. The molecule has 5 nitrogen and oxygen atoms in total. The molecule has 2 aromatic carbocycles. The van der Waals surface area contributed by atoms with Crippen LogP contribution in [0.1, 0.15) is 17.2 Å². The normalized spacial score (nSPS) is 11.9. The summed E-state index contributed by atoms with van der Waals surface area (Å²) < 4.78 is 1.79. The van der Waals surface area contributed by atoms with E-state index >= 15 is 0 Å². The van der Waals surface area contributed by atoms with E-state index in [1.165, 1.54) is 0 Å². The number of nitrogens with zero attached hydrogens (tertiary/aromatic N) is 2. The van der Waals surface area contributed by atoms with E-state index in [4.69, 9.17) is 11.6 Å². The van der Waals surface area contributed by atoms with Gasteiger partial charge in [0, 0.05) is 23.1 Å². The zero-order valence-electron chi connectivity index (χ0n) is 12.8. The van der Waals surface area contributed by atoms with E-state index < -0.39 is 12.0 Å². The van der Waals surface area contributed by atoms with Gasteiger partial charge in [-0.15, -0.1) is 0 Å². The Kier molecular flexibility index (Phi) is 4.93. The van der Waals surface area contributed by atoms with Crippen LogP contribution < -0.4 is 5.32 Å². The average molecular weight is 342 g/mol. The first-order valence-electron chi connectivity index (χ1n) is 7.42. The molecule has 1 amide bonds. The van der Waals surface area contributed by atoms with Crippen molar-refractivity contribution in [3.8, 4) is 0 Å². The topological polar surface area (TPSA) is 67.2 Å². The van der Waals surface area contributed by atoms with E-state index in [0.717, 1.165) is 5.56 Å². The highest BCUT2D eigenvalue weighted by molar-refractivity contribution is 6.30. The molecule has 1 atom stereocenters. The summed E-state index contributed by atoms with van der Waals surface area (Å²) in [5, 5.41) is 17.5. The van der Waals surface area contributed by atoms with Gasteiger partial charge >= 0.3 is 0 Å². The molecule has 0 fully saturated rings. The Bertz CT molecular complexity index is 834. The number of aliphatic hydroxyl groups excluding tert-OH is 1. The molecule has 1 heterocycles. The van der Waals surface area contributed by atoms with E-state index in [1.807, 2.05) is 30.5 Å². The van der Waals surface area contributed by atoms with Crippen molar-refractivity contribution in [1.82, 2.24) is 9.78 Å². The number of carbonyl (C=O) groups excluding carboxylic acids is 1. The third-order valence-electron chi connectivity index (χ3n) is 3.51. The van der Waals surface area contributed by atoms with E-state index in [2.05, 4.69) is 10.4 Å². The summed E-state index contributed by atoms with van der Waals surface area (Å²) in [6.07, 6.45) is 2.31. The number of benzene rings is 2. The molecule has 0 aliphatic carbocycles. The number of amides is 1. The molecule has 2 N–H and O–H groups in total. The van der Waals surface area contributed by atoms with Gasteiger partial charge in [-0.2, -0.15) is 5.10 Å². The Morgan fingerprint density at radius 3 is 2.79 bits per heavy atom. The first-order valence-corrected chi connectivity index (χ1v) is 7.80. The molecule has 1 aromatic heterocycles. The zero-order chi connectivity index (χ0) is 16.9. The lowest BCUT2D eigenvalue weighted by molar-refractivity contribution is -0.124. The van der Waals surface area contributed by atoms with Crippen LogP contribution in [0.25, 0.3) is 0 Å². The van der Waals surface area contributed by atoms with Gasteiger partial charge in [-0.05, 0) is 41.5 Å². The molecule has 0 radical (unpaired) electrons. The molecule has 3 rings (SSSR count). The minimum Gasteiger partial charge on any atom is -0.378 e. The SMILES string of the molecule is O=C(Nc1cccc(Cn2cccn2)c1)C(O)c1cccc(Cl)c1. The van der Waals surface area contributed by atoms with Crippen molar-refractivity contribution < 1.29 is 9.90 Å². The van der Waals surface area contributed by atoms with Crippen LogP contribution in [-0.2, 0) is 11.3 Å². The summed E-state index contributed by atoms with van der Waals surface area (Å²) in [6.45, 7) is 0.605. The van der Waals surface area contributed by atoms with Gasteiger partial charge in [0.1, 0.15) is 0 Å². The van der Waals surface area contributed by atoms with Gasteiger partial charge in [0.15, 0.2) is 6.10 Å². The highest BCUT2D eigenvalue weighted by Gasteiger charge is 2.17. The molecule has 0 spiro atoms. The molecule has 0 saturated heterocycles. The van der Waals surface area contributed by atoms with Crippen LogP contribution >= 0.6 is 11.6 Å². The maximum absolute atomic E-state index is 12.2. The molecular formula is C18H16ClN3O2. The second kappa shape index (κ2) is 7.29. The molecule has 0 saturated carbocycles. The summed E-state index contributed by atoms with van der Waals surface area (Å²) in [5.74, 6) is -0.506. The van der Waals surface area contributed by atoms with Crippen molar-refractivity contribution >= 4 is 23.2 Å². The summed E-state index contributed by atoms with van der Waals surface area (Å²) >= 11 is 5.89. The molecule has 0 bridgehead atoms. The minimum atomic E-state index is -1.28. The van der Waals surface area contributed by atoms with Crippen molar-refractivity contribution in [3.63, 3.8) is 0 Å². The van der Waals surface area contributed by atoms with Crippen molar-refractivity contribution in [2.45, 2.75) is 12.6 Å². The smallest absolute Gasteiger partial charge is 0.257 e. The van der Waals surface area contributed by atoms with E-state index in [-0.39, 0.29) is 0 Å². The van der Waals surface area contributed by atoms with E-state index in [9.17, 15) is 9.90 Å². The number of nitrogens with one attached hydrogen (secondary N) is 1. The number of hydrogen-bond donors (Lipinski definition) is 2. The molecule has 0 aliphatic rings. The Morgan fingerprint density at radius 1 is 1.21 bits per heavy atom. The van der Waals surface area contributed by atoms with E-state index in [1.54, 1.807) is 41.2 Å². The average Bonchev–Trinajstić information content (AvgIpc) is 3.07. The summed E-state index contributed by atoms with van der Waals surface area (Å²) in [5.41, 5.74) is 2.06. The lowest BCUT2D eigenvalue weighted by Crippen LogP contribution is -2.20. The van der Waals surface area contributed by atoms with Crippen LogP contribution in [0.2, 0.25) is 5.02 Å². The Hall–Kier alpha value is -2.63. The maximum Gasteiger partial charge on any atom is 0.257 e. The third-order valence-corrected chi connectivity index (χ3v) is 3.75. The highest BCUT2D eigenvalue weighted by Crippen LogP contribution is 2.20. The lowest BCUT2D eigenvalue weighted by Gasteiger charge is -2.13. The fourth-order valence-corrected chi connectivity index (χ4v) is 2.57. The number of rotatable bonds is 5. The minimum absolute atomic E-state index is 0.452. The van der Waals surface area contributed by atoms with Crippen LogP contribution in [-0.4, -0.2) is 20.8 Å². The fraction of sp³-hybridized carbons (Fsp3) is 0.111. The summed E-state index contributed by atoms with van der Waals surface area (Å²) in [6, 6.07) is 15.9. The standard InChI is InChI=1S/C18H16ClN3O2/c19-15-6-2-5-14(11-15)17(23)18(24)21-16-7-1-4-13(10-16)12-22-9-3-8-20-22/h1-11,17,23H,12H2,(H,21,24). The number of carbonyl (C=O) groups is 1. The first kappa shape index (κ1) is 16.2. The van der Waals surface area contributed by atoms with Crippen LogP contribution in [0.3, 0.4) is 0 Å². The van der Waals surface area contributed by atoms with Gasteiger partial charge in [-0.1, -0.05) is 35.9 Å². The number of anilines is 1. The van der Waals surface area contributed by atoms with Crippen molar-refractivity contribution in [2.24, 2.45) is 0 Å². The number of halogens is 1. The molecule has 122 valence electrons. The lowest BCUT2D eigenvalue weighted by atomic mass is 10.1. The fourth-order valence-electron chi connectivity index (χ4n) is 2.37. The van der Waals surface area contributed by atoms with Gasteiger partial charge in [0.2, 0.25) is 0 Å². The summed E-state index contributed by atoms with van der Waals surface area (Å²) in [7, 11) is 0. The predicted octanol–water partition coefficient (Wildman–Crippen LogP) is 3.26. The van der Waals surface area contributed by atoms with Crippen LogP contribution in [0.5, 0.6) is 0 Å². The van der Waals surface area contributed by atoms with Gasteiger partial charge in [-0.25, -0.2) is 0 Å². The maximum atomic E-state index is 12.2. The van der Waals surface area contributed by atoms with Crippen LogP contribution in [0.4, 0.5) is 5.69 Å². The number of aromatic nitrogens is 2. The Morgan fingerprint density at radius 2 is 2.04 bits per heavy atom. The highest BCUT2D eigenvalue weighted by atomic mass is 35.5. The second-order valence-corrected chi connectivity index (χ2v) is 5.79. The number of hydrogen-bond acceptors (Lipinski definition) is 3. The molecule has 24 heavy (non-hydrogen) atoms. The van der Waals surface area contributed by atoms with Crippen LogP contribution in [0.15, 0.2) is 67.0 Å². The molecule has 6 heteroatoms. The molecule has 0 aliphatic heterocycles. The Balaban J connectivity index is 1.70. The third kappa shape index (κ3) is 4.01. The van der Waals surface area contributed by atoms with Crippen molar-refractivity contribution in [2.75, 3.05) is 5.32 Å². The van der Waals surface area contributed by atoms with Crippen molar-refractivity contribution in [1.29, 1.82) is 0 Å². The monoisotopic (exact) mass is 341 g/mol. The predicted molar refractivity (Wildman–Crippen MR) is 92.8 cm³/mol. The molecule has 3 aromatic rings. The quantitative estimate of drug-likeness (QED) is 0.748. The van der Waals surface area contributed by atoms with Gasteiger partial charge in [0.25, 0.3) is 5.91 Å². The number of aliphatic hydroxyl groups is 1. The van der Waals surface area contributed by atoms with Crippen LogP contribution in [0, 0.1) is 0 Å². The molecule has 1 unspecified atom stereocenters. The van der Waals surface area contributed by atoms with Gasteiger partial charge in [-0.3, -0.25) is 9.48 Å². The van der Waals surface area contributed by atoms with E-state index in [0.29, 0.717) is 22.8 Å². The van der Waals surface area contributed by atoms with Gasteiger partial charge < -0.3 is 10.4 Å². The van der Waals surface area contributed by atoms with Crippen molar-refractivity contribution in [3.05, 3.63) is 83.1 Å².